The number of phenolic OH excluding ortho intramolecular Hbond substituents is 1. The van der Waals surface area contributed by atoms with Gasteiger partial charge in [-0.25, -0.2) is 4.39 Å². The van der Waals surface area contributed by atoms with E-state index in [1.807, 2.05) is 0 Å². The molecule has 14 heavy (non-hydrogen) atoms. The first-order valence-electron chi connectivity index (χ1n) is 4.49. The minimum absolute atomic E-state index is 0.0386. The van der Waals surface area contributed by atoms with Crippen LogP contribution in [0.3, 0.4) is 0 Å². The van der Waals surface area contributed by atoms with Crippen LogP contribution in [0.2, 0.25) is 0 Å². The first-order valence-corrected chi connectivity index (χ1v) is 4.49. The molecule has 0 amide bonds. The minimum Gasteiger partial charge on any atom is -0.508 e. The zero-order valence-electron chi connectivity index (χ0n) is 8.25. The molecule has 1 aromatic rings. The minimum atomic E-state index is -0.336. The number of phenols is 1. The van der Waals surface area contributed by atoms with Crippen molar-refractivity contribution in [3.63, 3.8) is 0 Å². The molecule has 0 aliphatic carbocycles. The number of hydrogen-bond donors (Lipinski definition) is 1. The molecule has 0 heterocycles. The van der Waals surface area contributed by atoms with Gasteiger partial charge in [0.05, 0.1) is 0 Å². The van der Waals surface area contributed by atoms with Crippen molar-refractivity contribution < 1.29 is 14.3 Å². The van der Waals surface area contributed by atoms with E-state index in [9.17, 15) is 14.3 Å². The summed E-state index contributed by atoms with van der Waals surface area (Å²) in [6, 6.07) is 2.74. The van der Waals surface area contributed by atoms with Gasteiger partial charge in [0, 0.05) is 6.42 Å². The van der Waals surface area contributed by atoms with Crippen molar-refractivity contribution in [2.24, 2.45) is 0 Å². The third-order valence-corrected chi connectivity index (χ3v) is 2.25. The lowest BCUT2D eigenvalue weighted by atomic mass is 9.96. The summed E-state index contributed by atoms with van der Waals surface area (Å²) in [5, 5.41) is 9.28. The zero-order chi connectivity index (χ0) is 10.7. The number of carbonyl (C=O) groups excluding carboxylic acids is 1. The summed E-state index contributed by atoms with van der Waals surface area (Å²) in [5.74, 6) is -0.493. The molecule has 0 fully saturated rings. The maximum absolute atomic E-state index is 13.5. The maximum Gasteiger partial charge on any atom is 0.129 e. The second-order valence-electron chi connectivity index (χ2n) is 3.47. The Bertz CT molecular complexity index is 347. The van der Waals surface area contributed by atoms with E-state index < -0.39 is 0 Å². The fourth-order valence-electron chi connectivity index (χ4n) is 1.41. The van der Waals surface area contributed by atoms with Crippen molar-refractivity contribution in [2.45, 2.75) is 26.2 Å². The molecule has 1 N–H and O–H groups in total. The maximum atomic E-state index is 13.5. The molecule has 0 radical (unpaired) electrons. The first kappa shape index (κ1) is 10.7. The summed E-state index contributed by atoms with van der Waals surface area (Å²) in [6.45, 7) is 3.35. The van der Waals surface area contributed by atoms with Gasteiger partial charge in [-0.15, -0.1) is 0 Å². The molecule has 2 nitrogen and oxygen atoms in total. The molecule has 1 atom stereocenters. The number of benzene rings is 1. The Hall–Kier alpha value is -1.38. The Morgan fingerprint density at radius 2 is 2.21 bits per heavy atom. The van der Waals surface area contributed by atoms with E-state index in [0.717, 1.165) is 6.29 Å². The van der Waals surface area contributed by atoms with Crippen molar-refractivity contribution in [1.29, 1.82) is 0 Å². The van der Waals surface area contributed by atoms with Crippen LogP contribution in [0.25, 0.3) is 0 Å². The van der Waals surface area contributed by atoms with Crippen LogP contribution in [0, 0.1) is 12.7 Å². The fraction of sp³-hybridized carbons (Fsp3) is 0.364. The van der Waals surface area contributed by atoms with Gasteiger partial charge in [0.2, 0.25) is 0 Å². The van der Waals surface area contributed by atoms with E-state index in [1.165, 1.54) is 12.1 Å². The highest BCUT2D eigenvalue weighted by Gasteiger charge is 2.13. The van der Waals surface area contributed by atoms with Crippen LogP contribution < -0.4 is 0 Å². The molecule has 0 aliphatic heterocycles. The predicted molar refractivity (Wildman–Crippen MR) is 51.9 cm³/mol. The number of halogens is 1. The lowest BCUT2D eigenvalue weighted by molar-refractivity contribution is -0.108. The zero-order valence-corrected chi connectivity index (χ0v) is 8.25. The van der Waals surface area contributed by atoms with E-state index in [1.54, 1.807) is 13.8 Å². The Labute approximate surface area is 82.4 Å². The molecule has 1 rings (SSSR count). The fourth-order valence-corrected chi connectivity index (χ4v) is 1.41. The van der Waals surface area contributed by atoms with E-state index in [4.69, 9.17) is 0 Å². The molecule has 0 saturated carbocycles. The normalized spacial score (nSPS) is 12.5. The number of rotatable bonds is 3. The average Bonchev–Trinajstić information content (AvgIpc) is 2.11. The standard InChI is InChI=1S/C11H13FO2/c1-7(3-4-13)10-6-9(14)5-8(2)11(10)12/h4-7,14H,3H2,1-2H3. The lowest BCUT2D eigenvalue weighted by Crippen LogP contribution is -1.99. The van der Waals surface area contributed by atoms with Crippen molar-refractivity contribution in [3.05, 3.63) is 29.1 Å². The smallest absolute Gasteiger partial charge is 0.129 e. The van der Waals surface area contributed by atoms with Gasteiger partial charge in [0.1, 0.15) is 17.9 Å². The van der Waals surface area contributed by atoms with Crippen LogP contribution in [0.15, 0.2) is 12.1 Å². The van der Waals surface area contributed by atoms with Crippen LogP contribution in [0.1, 0.15) is 30.4 Å². The molecule has 3 heteroatoms. The third kappa shape index (κ3) is 2.10. The van der Waals surface area contributed by atoms with E-state index in [2.05, 4.69) is 0 Å². The summed E-state index contributed by atoms with van der Waals surface area (Å²) in [5.41, 5.74) is 0.798. The highest BCUT2D eigenvalue weighted by atomic mass is 19.1. The molecule has 0 spiro atoms. The van der Waals surface area contributed by atoms with Crippen molar-refractivity contribution in [3.8, 4) is 5.75 Å². The van der Waals surface area contributed by atoms with Crippen molar-refractivity contribution >= 4 is 6.29 Å². The van der Waals surface area contributed by atoms with Crippen molar-refractivity contribution in [1.82, 2.24) is 0 Å². The summed E-state index contributed by atoms with van der Waals surface area (Å²) in [7, 11) is 0. The molecule has 0 bridgehead atoms. The molecular formula is C11H13FO2. The molecule has 0 saturated heterocycles. The number of aromatic hydroxyl groups is 1. The van der Waals surface area contributed by atoms with Gasteiger partial charge in [-0.2, -0.15) is 0 Å². The predicted octanol–water partition coefficient (Wildman–Crippen LogP) is 2.53. The molecule has 0 aromatic heterocycles. The van der Waals surface area contributed by atoms with Crippen LogP contribution in [0.4, 0.5) is 4.39 Å². The molecular weight excluding hydrogens is 183 g/mol. The van der Waals surface area contributed by atoms with Gasteiger partial charge in [-0.3, -0.25) is 0 Å². The van der Waals surface area contributed by atoms with Crippen LogP contribution in [0.5, 0.6) is 5.75 Å². The summed E-state index contributed by atoms with van der Waals surface area (Å²) in [4.78, 5) is 10.3. The number of hydrogen-bond acceptors (Lipinski definition) is 2. The Kier molecular flexibility index (Phi) is 3.23. The Balaban J connectivity index is 3.12. The molecule has 0 aliphatic rings. The number of aryl methyl sites for hydroxylation is 1. The molecule has 1 aromatic carbocycles. The average molecular weight is 196 g/mol. The third-order valence-electron chi connectivity index (χ3n) is 2.25. The van der Waals surface area contributed by atoms with E-state index in [0.29, 0.717) is 11.1 Å². The van der Waals surface area contributed by atoms with Crippen molar-refractivity contribution in [2.75, 3.05) is 0 Å². The summed E-state index contributed by atoms with van der Waals surface area (Å²) < 4.78 is 13.5. The topological polar surface area (TPSA) is 37.3 Å². The molecule has 1 unspecified atom stereocenters. The molecule has 76 valence electrons. The number of carbonyl (C=O) groups is 1. The van der Waals surface area contributed by atoms with Gasteiger partial charge in [-0.05, 0) is 36.1 Å². The second-order valence-corrected chi connectivity index (χ2v) is 3.47. The lowest BCUT2D eigenvalue weighted by Gasteiger charge is -2.11. The SMILES string of the molecule is Cc1cc(O)cc(C(C)CC=O)c1F. The largest absolute Gasteiger partial charge is 0.508 e. The Morgan fingerprint density at radius 3 is 2.79 bits per heavy atom. The van der Waals surface area contributed by atoms with Gasteiger partial charge < -0.3 is 9.90 Å². The first-order chi connectivity index (χ1) is 6.56. The highest BCUT2D eigenvalue weighted by molar-refractivity contribution is 5.52. The number of aldehydes is 1. The van der Waals surface area contributed by atoms with Crippen LogP contribution in [-0.2, 0) is 4.79 Å². The van der Waals surface area contributed by atoms with Crippen LogP contribution in [-0.4, -0.2) is 11.4 Å². The van der Waals surface area contributed by atoms with Gasteiger partial charge in [-0.1, -0.05) is 6.92 Å². The van der Waals surface area contributed by atoms with E-state index in [-0.39, 0.29) is 23.9 Å². The summed E-state index contributed by atoms with van der Waals surface area (Å²) >= 11 is 0. The van der Waals surface area contributed by atoms with Crippen LogP contribution >= 0.6 is 0 Å². The second kappa shape index (κ2) is 4.22. The quantitative estimate of drug-likeness (QED) is 0.754. The summed E-state index contributed by atoms with van der Waals surface area (Å²) in [6.07, 6.45) is 1.02. The Morgan fingerprint density at radius 1 is 1.57 bits per heavy atom. The highest BCUT2D eigenvalue weighted by Crippen LogP contribution is 2.27. The van der Waals surface area contributed by atoms with E-state index >= 15 is 0 Å². The van der Waals surface area contributed by atoms with Gasteiger partial charge >= 0.3 is 0 Å². The van der Waals surface area contributed by atoms with Gasteiger partial charge in [0.15, 0.2) is 0 Å². The monoisotopic (exact) mass is 196 g/mol. The van der Waals surface area contributed by atoms with Gasteiger partial charge in [0.25, 0.3) is 0 Å².